The van der Waals surface area contributed by atoms with E-state index in [0.717, 1.165) is 30.6 Å². The topological polar surface area (TPSA) is 35.5 Å². The van der Waals surface area contributed by atoms with Gasteiger partial charge in [-0.1, -0.05) is 6.92 Å². The maximum atomic E-state index is 11.7. The zero-order chi connectivity index (χ0) is 10.8. The minimum Gasteiger partial charge on any atom is -0.469 e. The third kappa shape index (κ3) is 2.07. The Morgan fingerprint density at radius 3 is 3.00 bits per heavy atom. The molecule has 1 aliphatic carbocycles. The molecule has 0 radical (unpaired) electrons. The van der Waals surface area contributed by atoms with Crippen LogP contribution in [0.5, 0.6) is 0 Å². The average molecular weight is 210 g/mol. The van der Waals surface area contributed by atoms with E-state index in [1.54, 1.807) is 0 Å². The molecule has 2 atom stereocenters. The molecular weight excluding hydrogens is 192 g/mol. The Labute approximate surface area is 90.4 Å². The highest BCUT2D eigenvalue weighted by atomic mass is 16.7. The van der Waals surface area contributed by atoms with Crippen molar-refractivity contribution < 1.29 is 14.3 Å². The van der Waals surface area contributed by atoms with Crippen LogP contribution in [0.3, 0.4) is 0 Å². The Morgan fingerprint density at radius 2 is 2.27 bits per heavy atom. The van der Waals surface area contributed by atoms with Crippen LogP contribution in [0.4, 0.5) is 0 Å². The summed E-state index contributed by atoms with van der Waals surface area (Å²) in [6.07, 6.45) is 3.16. The van der Waals surface area contributed by atoms with Gasteiger partial charge in [0.25, 0.3) is 0 Å². The fourth-order valence-electron chi connectivity index (χ4n) is 2.41. The largest absolute Gasteiger partial charge is 0.469 e. The first-order valence-electron chi connectivity index (χ1n) is 5.77. The summed E-state index contributed by atoms with van der Waals surface area (Å²) in [5, 5.41) is 0. The van der Waals surface area contributed by atoms with Crippen molar-refractivity contribution in [2.45, 2.75) is 45.8 Å². The summed E-state index contributed by atoms with van der Waals surface area (Å²) in [6.45, 7) is 4.71. The zero-order valence-electron chi connectivity index (χ0n) is 9.41. The molecule has 0 bridgehead atoms. The van der Waals surface area contributed by atoms with Crippen LogP contribution in [0.25, 0.3) is 0 Å². The van der Waals surface area contributed by atoms with Crippen LogP contribution >= 0.6 is 0 Å². The summed E-state index contributed by atoms with van der Waals surface area (Å²) in [4.78, 5) is 11.7. The molecule has 2 rings (SSSR count). The number of carbonyl (C=O) groups is 1. The Bertz CT molecular complexity index is 293. The number of carbonyl (C=O) groups excluding carboxylic acids is 1. The van der Waals surface area contributed by atoms with Crippen molar-refractivity contribution >= 4 is 5.78 Å². The van der Waals surface area contributed by atoms with Crippen molar-refractivity contribution in [2.75, 3.05) is 6.61 Å². The van der Waals surface area contributed by atoms with Crippen LogP contribution in [-0.4, -0.2) is 18.7 Å². The van der Waals surface area contributed by atoms with Gasteiger partial charge in [0.05, 0.1) is 0 Å². The minimum atomic E-state index is -0.144. The zero-order valence-corrected chi connectivity index (χ0v) is 9.41. The van der Waals surface area contributed by atoms with Crippen LogP contribution in [-0.2, 0) is 14.3 Å². The van der Waals surface area contributed by atoms with Gasteiger partial charge in [0.1, 0.15) is 5.76 Å². The fourth-order valence-corrected chi connectivity index (χ4v) is 2.41. The quantitative estimate of drug-likeness (QED) is 0.702. The summed E-state index contributed by atoms with van der Waals surface area (Å²) >= 11 is 0. The maximum Gasteiger partial charge on any atom is 0.199 e. The summed E-state index contributed by atoms with van der Waals surface area (Å²) in [6, 6.07) is 0. The molecule has 0 amide bonds. The van der Waals surface area contributed by atoms with Crippen LogP contribution in [0.2, 0.25) is 0 Å². The lowest BCUT2D eigenvalue weighted by atomic mass is 9.84. The number of allylic oxidation sites excluding steroid dienone is 2. The van der Waals surface area contributed by atoms with Gasteiger partial charge in [0.2, 0.25) is 0 Å². The van der Waals surface area contributed by atoms with E-state index in [2.05, 4.69) is 6.92 Å². The van der Waals surface area contributed by atoms with Crippen LogP contribution in [0.15, 0.2) is 11.3 Å². The molecule has 15 heavy (non-hydrogen) atoms. The molecule has 0 saturated heterocycles. The molecule has 0 unspecified atom stereocenters. The van der Waals surface area contributed by atoms with Gasteiger partial charge in [-0.2, -0.15) is 0 Å². The Balaban J connectivity index is 2.17. The second-order valence-corrected chi connectivity index (χ2v) is 4.25. The van der Waals surface area contributed by atoms with Gasteiger partial charge in [0, 0.05) is 31.4 Å². The minimum absolute atomic E-state index is 0.144. The van der Waals surface area contributed by atoms with Crippen LogP contribution in [0.1, 0.15) is 39.5 Å². The number of ketones is 1. The molecule has 2 aliphatic rings. The Hall–Kier alpha value is -0.830. The number of hydrogen-bond donors (Lipinski definition) is 0. The van der Waals surface area contributed by atoms with Crippen molar-refractivity contribution in [2.24, 2.45) is 5.92 Å². The van der Waals surface area contributed by atoms with E-state index in [0.29, 0.717) is 13.0 Å². The normalized spacial score (nSPS) is 31.2. The molecule has 0 spiro atoms. The molecule has 0 saturated carbocycles. The van der Waals surface area contributed by atoms with Gasteiger partial charge in [-0.25, -0.2) is 0 Å². The number of Topliss-reactive ketones (excluding diaryl/α,β-unsaturated/α-hetero) is 1. The number of hydrogen-bond acceptors (Lipinski definition) is 3. The lowest BCUT2D eigenvalue weighted by Crippen LogP contribution is -2.31. The first-order valence-corrected chi connectivity index (χ1v) is 5.77. The van der Waals surface area contributed by atoms with E-state index in [9.17, 15) is 4.79 Å². The third-order valence-electron chi connectivity index (χ3n) is 3.07. The summed E-state index contributed by atoms with van der Waals surface area (Å²) in [5.41, 5.74) is 0.928. The van der Waals surface area contributed by atoms with Crippen LogP contribution < -0.4 is 0 Å². The highest BCUT2D eigenvalue weighted by Gasteiger charge is 2.33. The predicted molar refractivity (Wildman–Crippen MR) is 56.2 cm³/mol. The molecule has 1 aliphatic heterocycles. The first-order chi connectivity index (χ1) is 7.22. The molecule has 84 valence electrons. The fraction of sp³-hybridized carbons (Fsp3) is 0.750. The molecule has 1 heterocycles. The standard InChI is InChI=1S/C12H18O3/c1-3-14-11-7-8(2)12-9(13)5-4-6-10(12)15-11/h8,11H,3-7H2,1-2H3/t8-,11-/m1/s1. The van der Waals surface area contributed by atoms with Gasteiger partial charge < -0.3 is 9.47 Å². The second-order valence-electron chi connectivity index (χ2n) is 4.25. The Morgan fingerprint density at radius 1 is 1.47 bits per heavy atom. The third-order valence-corrected chi connectivity index (χ3v) is 3.07. The SMILES string of the molecule is CCO[C@H]1C[C@@H](C)C2=C(CCCC2=O)O1. The molecule has 0 aromatic rings. The summed E-state index contributed by atoms with van der Waals surface area (Å²) in [7, 11) is 0. The van der Waals surface area contributed by atoms with E-state index >= 15 is 0 Å². The van der Waals surface area contributed by atoms with Gasteiger partial charge in [-0.05, 0) is 19.3 Å². The first kappa shape index (κ1) is 10.7. The Kier molecular flexibility index (Phi) is 3.10. The smallest absolute Gasteiger partial charge is 0.199 e. The molecule has 0 aromatic carbocycles. The van der Waals surface area contributed by atoms with E-state index in [4.69, 9.17) is 9.47 Å². The van der Waals surface area contributed by atoms with Crippen molar-refractivity contribution in [3.05, 3.63) is 11.3 Å². The van der Waals surface area contributed by atoms with Gasteiger partial charge in [-0.3, -0.25) is 4.79 Å². The van der Waals surface area contributed by atoms with E-state index in [1.807, 2.05) is 6.92 Å². The lowest BCUT2D eigenvalue weighted by molar-refractivity contribution is -0.140. The molecular formula is C12H18O3. The van der Waals surface area contributed by atoms with Crippen molar-refractivity contribution in [3.63, 3.8) is 0 Å². The monoisotopic (exact) mass is 210 g/mol. The van der Waals surface area contributed by atoms with E-state index in [1.165, 1.54) is 0 Å². The highest BCUT2D eigenvalue weighted by molar-refractivity contribution is 5.97. The van der Waals surface area contributed by atoms with E-state index < -0.39 is 0 Å². The van der Waals surface area contributed by atoms with E-state index in [-0.39, 0.29) is 18.0 Å². The van der Waals surface area contributed by atoms with Gasteiger partial charge in [0.15, 0.2) is 12.1 Å². The molecule has 0 aromatic heterocycles. The second kappa shape index (κ2) is 4.35. The van der Waals surface area contributed by atoms with Crippen molar-refractivity contribution in [3.8, 4) is 0 Å². The average Bonchev–Trinajstić information content (AvgIpc) is 2.17. The number of ether oxygens (including phenoxy) is 2. The molecule has 0 N–H and O–H groups in total. The predicted octanol–water partition coefficient (Wildman–Crippen LogP) is 2.41. The van der Waals surface area contributed by atoms with Crippen LogP contribution in [0, 0.1) is 5.92 Å². The summed E-state index contributed by atoms with van der Waals surface area (Å²) < 4.78 is 11.2. The van der Waals surface area contributed by atoms with Gasteiger partial charge in [-0.15, -0.1) is 0 Å². The number of rotatable bonds is 2. The maximum absolute atomic E-state index is 11.7. The van der Waals surface area contributed by atoms with Crippen molar-refractivity contribution in [1.82, 2.24) is 0 Å². The molecule has 3 nitrogen and oxygen atoms in total. The lowest BCUT2D eigenvalue weighted by Gasteiger charge is -2.33. The van der Waals surface area contributed by atoms with Crippen molar-refractivity contribution in [1.29, 1.82) is 0 Å². The molecule has 0 fully saturated rings. The summed E-state index contributed by atoms with van der Waals surface area (Å²) in [5.74, 6) is 1.46. The highest BCUT2D eigenvalue weighted by Crippen LogP contribution is 2.36. The van der Waals surface area contributed by atoms with Gasteiger partial charge >= 0.3 is 0 Å². The molecule has 3 heteroatoms.